The topological polar surface area (TPSA) is 80.1 Å². The van der Waals surface area contributed by atoms with Gasteiger partial charge in [-0.25, -0.2) is 9.67 Å². The number of hydrogen-bond donors (Lipinski definition) is 1. The maximum atomic E-state index is 13.0. The molecule has 0 radical (unpaired) electrons. The Kier molecular flexibility index (Phi) is 5.75. The number of benzene rings is 1. The van der Waals surface area contributed by atoms with Gasteiger partial charge in [-0.2, -0.15) is 5.10 Å². The summed E-state index contributed by atoms with van der Waals surface area (Å²) in [6.07, 6.45) is 1.63. The van der Waals surface area contributed by atoms with Gasteiger partial charge in [0.05, 0.1) is 22.8 Å². The Hall–Kier alpha value is -3.23. The molecular formula is C22H20ClN5O2S. The van der Waals surface area contributed by atoms with E-state index in [0.29, 0.717) is 15.7 Å². The van der Waals surface area contributed by atoms with E-state index in [4.69, 9.17) is 11.6 Å². The van der Waals surface area contributed by atoms with E-state index >= 15 is 0 Å². The number of nitrogens with one attached hydrogen (secondary N) is 1. The van der Waals surface area contributed by atoms with Gasteiger partial charge in [0.15, 0.2) is 0 Å². The molecule has 31 heavy (non-hydrogen) atoms. The van der Waals surface area contributed by atoms with Crippen LogP contribution in [0.5, 0.6) is 0 Å². The molecule has 3 heterocycles. The summed E-state index contributed by atoms with van der Waals surface area (Å²) < 4.78 is 1.79. The number of rotatable bonds is 5. The van der Waals surface area contributed by atoms with Crippen LogP contribution in [0.4, 0.5) is 5.82 Å². The molecule has 0 aliphatic rings. The maximum Gasteiger partial charge on any atom is 0.264 e. The lowest BCUT2D eigenvalue weighted by atomic mass is 10.3. The molecule has 7 nitrogen and oxygen atoms in total. The molecule has 1 aromatic carbocycles. The van der Waals surface area contributed by atoms with Crippen molar-refractivity contribution in [3.63, 3.8) is 0 Å². The molecule has 0 spiro atoms. The van der Waals surface area contributed by atoms with E-state index in [1.165, 1.54) is 16.2 Å². The lowest BCUT2D eigenvalue weighted by Crippen LogP contribution is -2.34. The fourth-order valence-electron chi connectivity index (χ4n) is 3.20. The first-order valence-electron chi connectivity index (χ1n) is 9.55. The zero-order valence-electron chi connectivity index (χ0n) is 17.2. The molecule has 0 aliphatic carbocycles. The molecule has 0 saturated carbocycles. The van der Waals surface area contributed by atoms with E-state index in [-0.39, 0.29) is 18.4 Å². The molecule has 0 atom stereocenters. The van der Waals surface area contributed by atoms with Crippen molar-refractivity contribution >= 4 is 50.8 Å². The highest BCUT2D eigenvalue weighted by Crippen LogP contribution is 2.31. The molecule has 0 bridgehead atoms. The fraction of sp³-hybridized carbons (Fsp3) is 0.182. The van der Waals surface area contributed by atoms with E-state index in [1.54, 1.807) is 30.1 Å². The van der Waals surface area contributed by atoms with Crippen LogP contribution in [0.1, 0.15) is 20.9 Å². The highest BCUT2D eigenvalue weighted by molar-refractivity contribution is 7.20. The van der Waals surface area contributed by atoms with E-state index in [1.807, 2.05) is 44.2 Å². The number of nitrogens with zero attached hydrogens (tertiary/aromatic N) is 4. The van der Waals surface area contributed by atoms with Crippen LogP contribution in [0, 0.1) is 13.8 Å². The first-order valence-corrected chi connectivity index (χ1v) is 10.7. The second-order valence-corrected chi connectivity index (χ2v) is 8.70. The highest BCUT2D eigenvalue weighted by atomic mass is 35.5. The number of pyridine rings is 1. The molecular weight excluding hydrogens is 434 g/mol. The van der Waals surface area contributed by atoms with E-state index in [9.17, 15) is 9.59 Å². The van der Waals surface area contributed by atoms with Crippen LogP contribution >= 0.6 is 22.9 Å². The second kappa shape index (κ2) is 8.49. The zero-order chi connectivity index (χ0) is 22.1. The van der Waals surface area contributed by atoms with Gasteiger partial charge in [-0.1, -0.05) is 17.7 Å². The van der Waals surface area contributed by atoms with Gasteiger partial charge in [0.25, 0.3) is 5.91 Å². The Bertz CT molecular complexity index is 1300. The van der Waals surface area contributed by atoms with Gasteiger partial charge in [-0.05, 0) is 55.8 Å². The molecule has 0 saturated heterocycles. The number of amides is 2. The third kappa shape index (κ3) is 4.45. The molecule has 3 aromatic heterocycles. The lowest BCUT2D eigenvalue weighted by Gasteiger charge is -2.15. The van der Waals surface area contributed by atoms with Crippen molar-refractivity contribution in [2.45, 2.75) is 13.8 Å². The standard InChI is InChI=1S/C22H20ClN5O2S/c1-13-7-8-24-19(9-13)25-20(29)12-27(3)21(30)18-11-17-14(2)26-28(22(17)31-18)16-6-4-5-15(23)10-16/h4-11H,12H2,1-3H3,(H,24,25,29). The lowest BCUT2D eigenvalue weighted by molar-refractivity contribution is -0.116. The van der Waals surface area contributed by atoms with E-state index in [2.05, 4.69) is 15.4 Å². The number of anilines is 1. The first kappa shape index (κ1) is 21.0. The summed E-state index contributed by atoms with van der Waals surface area (Å²) in [7, 11) is 1.60. The molecule has 4 aromatic rings. The Morgan fingerprint density at radius 2 is 2.00 bits per heavy atom. The predicted octanol–water partition coefficient (Wildman–Crippen LogP) is 4.46. The van der Waals surface area contributed by atoms with Crippen LogP contribution in [-0.4, -0.2) is 45.1 Å². The van der Waals surface area contributed by atoms with Crippen molar-refractivity contribution in [3.8, 4) is 5.69 Å². The van der Waals surface area contributed by atoms with Gasteiger partial charge in [0, 0.05) is 23.7 Å². The number of carbonyl (C=O) groups excluding carboxylic acids is 2. The Labute approximate surface area is 188 Å². The third-order valence-electron chi connectivity index (χ3n) is 4.72. The molecule has 1 N–H and O–H groups in total. The normalized spacial score (nSPS) is 11.0. The summed E-state index contributed by atoms with van der Waals surface area (Å²) in [6.45, 7) is 3.74. The van der Waals surface area contributed by atoms with Crippen LogP contribution < -0.4 is 5.32 Å². The SMILES string of the molecule is Cc1ccnc(NC(=O)CN(C)C(=O)c2cc3c(C)nn(-c4cccc(Cl)c4)c3s2)c1. The van der Waals surface area contributed by atoms with Crippen LogP contribution in [0.3, 0.4) is 0 Å². The van der Waals surface area contributed by atoms with Crippen LogP contribution in [0.25, 0.3) is 15.9 Å². The fourth-order valence-corrected chi connectivity index (χ4v) is 4.56. The largest absolute Gasteiger partial charge is 0.332 e. The highest BCUT2D eigenvalue weighted by Gasteiger charge is 2.21. The van der Waals surface area contributed by atoms with Gasteiger partial charge >= 0.3 is 0 Å². The van der Waals surface area contributed by atoms with Crippen LogP contribution in [0.2, 0.25) is 5.02 Å². The van der Waals surface area contributed by atoms with Crippen molar-refractivity contribution in [2.24, 2.45) is 0 Å². The quantitative estimate of drug-likeness (QED) is 0.483. The number of likely N-dealkylation sites (N-methyl/N-ethyl adjacent to an activating group) is 1. The number of hydrogen-bond acceptors (Lipinski definition) is 5. The minimum atomic E-state index is -0.309. The van der Waals surface area contributed by atoms with E-state index < -0.39 is 0 Å². The second-order valence-electron chi connectivity index (χ2n) is 7.23. The summed E-state index contributed by atoms with van der Waals surface area (Å²) in [6, 6.07) is 12.8. The number of aromatic nitrogens is 3. The monoisotopic (exact) mass is 453 g/mol. The molecule has 4 rings (SSSR count). The summed E-state index contributed by atoms with van der Waals surface area (Å²) in [5.74, 6) is -0.0770. The Balaban J connectivity index is 1.53. The van der Waals surface area contributed by atoms with Crippen molar-refractivity contribution in [2.75, 3.05) is 18.9 Å². The number of aryl methyl sites for hydroxylation is 2. The molecule has 0 aliphatic heterocycles. The average Bonchev–Trinajstić information content (AvgIpc) is 3.28. The Morgan fingerprint density at radius 1 is 1.19 bits per heavy atom. The van der Waals surface area contributed by atoms with Gasteiger partial charge in [-0.15, -0.1) is 11.3 Å². The van der Waals surface area contributed by atoms with Gasteiger partial charge in [-0.3, -0.25) is 9.59 Å². The van der Waals surface area contributed by atoms with Crippen LogP contribution in [-0.2, 0) is 4.79 Å². The number of fused-ring (bicyclic) bond motifs is 1. The zero-order valence-corrected chi connectivity index (χ0v) is 18.8. The molecule has 2 amide bonds. The van der Waals surface area contributed by atoms with Gasteiger partial charge < -0.3 is 10.2 Å². The maximum absolute atomic E-state index is 13.0. The minimum Gasteiger partial charge on any atom is -0.332 e. The third-order valence-corrected chi connectivity index (χ3v) is 6.05. The van der Waals surface area contributed by atoms with Crippen LogP contribution in [0.15, 0.2) is 48.7 Å². The molecule has 0 fully saturated rings. The molecule has 9 heteroatoms. The first-order chi connectivity index (χ1) is 14.8. The van der Waals surface area contributed by atoms with Gasteiger partial charge in [0.1, 0.15) is 10.6 Å². The van der Waals surface area contributed by atoms with Crippen molar-refractivity contribution < 1.29 is 9.59 Å². The van der Waals surface area contributed by atoms with Gasteiger partial charge in [0.2, 0.25) is 5.91 Å². The predicted molar refractivity (Wildman–Crippen MR) is 123 cm³/mol. The smallest absolute Gasteiger partial charge is 0.264 e. The minimum absolute atomic E-state index is 0.0812. The molecule has 158 valence electrons. The summed E-state index contributed by atoms with van der Waals surface area (Å²) in [4.78, 5) is 32.2. The number of thiophene rings is 1. The Morgan fingerprint density at radius 3 is 2.74 bits per heavy atom. The molecule has 0 unspecified atom stereocenters. The van der Waals surface area contributed by atoms with Crippen molar-refractivity contribution in [3.05, 3.63) is 69.8 Å². The summed E-state index contributed by atoms with van der Waals surface area (Å²) in [5, 5.41) is 8.81. The summed E-state index contributed by atoms with van der Waals surface area (Å²) in [5.41, 5.74) is 2.63. The summed E-state index contributed by atoms with van der Waals surface area (Å²) >= 11 is 7.46. The van der Waals surface area contributed by atoms with E-state index in [0.717, 1.165) is 27.2 Å². The average molecular weight is 454 g/mol. The number of halogens is 1. The number of carbonyl (C=O) groups is 2. The van der Waals surface area contributed by atoms with Crippen molar-refractivity contribution in [1.82, 2.24) is 19.7 Å². The van der Waals surface area contributed by atoms with Crippen molar-refractivity contribution in [1.29, 1.82) is 0 Å².